The molecule has 190 valence electrons. The maximum atomic E-state index is 13.2. The van der Waals surface area contributed by atoms with Crippen LogP contribution in [-0.2, 0) is 9.53 Å². The summed E-state index contributed by atoms with van der Waals surface area (Å²) >= 11 is 0. The number of hydrogen-bond donors (Lipinski definition) is 2. The number of rotatable bonds is 6. The quantitative estimate of drug-likeness (QED) is 0.607. The highest BCUT2D eigenvalue weighted by Gasteiger charge is 2.27. The van der Waals surface area contributed by atoms with Gasteiger partial charge in [0.15, 0.2) is 0 Å². The maximum Gasteiger partial charge on any atom is 0.251 e. The molecule has 2 aliphatic rings. The number of carbonyl (C=O) groups is 2. The minimum Gasteiger partial charge on any atom is -0.381 e. The second-order valence-electron chi connectivity index (χ2n) is 9.19. The predicted octanol–water partition coefficient (Wildman–Crippen LogP) is 5.14. The van der Waals surface area contributed by atoms with E-state index in [1.54, 1.807) is 0 Å². The predicted molar refractivity (Wildman–Crippen MR) is 139 cm³/mol. The number of hydrogen-bond acceptors (Lipinski definition) is 4. The smallest absolute Gasteiger partial charge is 0.251 e. The molecule has 1 atom stereocenters. The van der Waals surface area contributed by atoms with Crippen LogP contribution in [0.25, 0.3) is 0 Å². The van der Waals surface area contributed by atoms with E-state index in [0.29, 0.717) is 23.6 Å². The van der Waals surface area contributed by atoms with Crippen LogP contribution in [0.15, 0.2) is 48.5 Å². The van der Waals surface area contributed by atoms with Gasteiger partial charge in [-0.3, -0.25) is 9.59 Å². The molecule has 4 rings (SSSR count). The Labute approximate surface area is 206 Å². The standard InChI is InChI=1S/C23H28FN3O2.C4H8O.3H2/c1-16-3-9-20(10-4-16)25-23(29)21(15-17-11-13-27(2)14-12-17)26-22(28)18-5-7-19(24)8-6-18;1-2-4-5-3-1;;;/h3-10,17,21H,11-15H2,1-2H3,(H,25,29)(H,26,28);1-4H2;3*1H/t21-;;;;/m0..../s1. The Hall–Kier alpha value is -2.77. The molecular formula is C27H42FN3O3. The van der Waals surface area contributed by atoms with Gasteiger partial charge in [-0.2, -0.15) is 0 Å². The lowest BCUT2D eigenvalue weighted by Gasteiger charge is -2.31. The number of halogens is 1. The van der Waals surface area contributed by atoms with Crippen molar-refractivity contribution in [2.24, 2.45) is 5.92 Å². The summed E-state index contributed by atoms with van der Waals surface area (Å²) in [5, 5.41) is 5.77. The Kier molecular flexibility index (Phi) is 10.0. The van der Waals surface area contributed by atoms with Gasteiger partial charge in [-0.05, 0) is 101 Å². The molecule has 2 fully saturated rings. The van der Waals surface area contributed by atoms with Gasteiger partial charge in [0.1, 0.15) is 11.9 Å². The van der Waals surface area contributed by atoms with Gasteiger partial charge in [0.2, 0.25) is 5.91 Å². The molecule has 0 unspecified atom stereocenters. The Morgan fingerprint density at radius 1 is 1.06 bits per heavy atom. The molecule has 0 aromatic heterocycles. The number of likely N-dealkylation sites (tertiary alicyclic amines) is 1. The summed E-state index contributed by atoms with van der Waals surface area (Å²) < 4.78 is 18.1. The number of nitrogens with zero attached hydrogens (tertiary/aromatic N) is 1. The number of ether oxygens (including phenoxy) is 1. The second-order valence-corrected chi connectivity index (χ2v) is 9.19. The molecule has 6 nitrogen and oxygen atoms in total. The summed E-state index contributed by atoms with van der Waals surface area (Å²) in [4.78, 5) is 27.9. The topological polar surface area (TPSA) is 70.7 Å². The zero-order valence-corrected chi connectivity index (χ0v) is 20.2. The summed E-state index contributed by atoms with van der Waals surface area (Å²) in [6, 6.07) is 12.2. The van der Waals surface area contributed by atoms with Crippen LogP contribution in [0.2, 0.25) is 0 Å². The van der Waals surface area contributed by atoms with Crippen LogP contribution in [0, 0.1) is 18.7 Å². The lowest BCUT2D eigenvalue weighted by atomic mass is 9.90. The van der Waals surface area contributed by atoms with Crippen molar-refractivity contribution < 1.29 is 23.0 Å². The van der Waals surface area contributed by atoms with Crippen molar-refractivity contribution in [3.8, 4) is 0 Å². The zero-order chi connectivity index (χ0) is 24.3. The highest BCUT2D eigenvalue weighted by atomic mass is 19.1. The minimum absolute atomic E-state index is 0. The van der Waals surface area contributed by atoms with Crippen molar-refractivity contribution in [2.75, 3.05) is 38.7 Å². The average molecular weight is 476 g/mol. The van der Waals surface area contributed by atoms with Gasteiger partial charge in [-0.15, -0.1) is 0 Å². The third kappa shape index (κ3) is 8.54. The first-order valence-electron chi connectivity index (χ1n) is 12.1. The summed E-state index contributed by atoms with van der Waals surface area (Å²) in [5.41, 5.74) is 2.14. The largest absolute Gasteiger partial charge is 0.381 e. The highest BCUT2D eigenvalue weighted by Crippen LogP contribution is 2.22. The fraction of sp³-hybridized carbons (Fsp3) is 0.481. The first kappa shape index (κ1) is 25.8. The fourth-order valence-corrected chi connectivity index (χ4v) is 4.08. The summed E-state index contributed by atoms with van der Waals surface area (Å²) in [6.07, 6.45) is 5.13. The number of amides is 2. The van der Waals surface area contributed by atoms with Crippen molar-refractivity contribution in [1.29, 1.82) is 0 Å². The average Bonchev–Trinajstić information content (AvgIpc) is 3.42. The van der Waals surface area contributed by atoms with E-state index < -0.39 is 11.9 Å². The Bertz CT molecular complexity index is 913. The lowest BCUT2D eigenvalue weighted by Crippen LogP contribution is -2.46. The van der Waals surface area contributed by atoms with E-state index in [-0.39, 0.29) is 16.1 Å². The molecule has 2 aromatic rings. The first-order valence-corrected chi connectivity index (χ1v) is 12.1. The van der Waals surface area contributed by atoms with E-state index >= 15 is 0 Å². The number of anilines is 1. The van der Waals surface area contributed by atoms with Crippen molar-refractivity contribution in [3.05, 3.63) is 65.5 Å². The molecular weight excluding hydrogens is 433 g/mol. The Balaban J connectivity index is 0.00000145. The summed E-state index contributed by atoms with van der Waals surface area (Å²) in [7, 11) is 2.09. The van der Waals surface area contributed by atoms with Crippen LogP contribution in [0.1, 0.15) is 52.3 Å². The van der Waals surface area contributed by atoms with Crippen molar-refractivity contribution in [1.82, 2.24) is 10.2 Å². The van der Waals surface area contributed by atoms with Crippen molar-refractivity contribution in [2.45, 2.75) is 45.1 Å². The first-order chi connectivity index (χ1) is 16.4. The van der Waals surface area contributed by atoms with E-state index in [1.165, 1.54) is 37.1 Å². The number of piperidine rings is 1. The van der Waals surface area contributed by atoms with Gasteiger partial charge in [-0.1, -0.05) is 17.7 Å². The van der Waals surface area contributed by atoms with Crippen LogP contribution in [-0.4, -0.2) is 56.1 Å². The number of nitrogens with one attached hydrogen (secondary N) is 2. The van der Waals surface area contributed by atoms with Crippen LogP contribution >= 0.6 is 0 Å². The van der Waals surface area contributed by atoms with E-state index in [4.69, 9.17) is 4.74 Å². The Morgan fingerprint density at radius 3 is 2.24 bits per heavy atom. The molecule has 0 saturated carbocycles. The maximum absolute atomic E-state index is 13.2. The normalized spacial score (nSPS) is 17.4. The van der Waals surface area contributed by atoms with Crippen LogP contribution in [0.4, 0.5) is 10.1 Å². The SMILES string of the molecule is C1CCOC1.Cc1ccc(NC(=O)[C@H](CC2CCN(C)CC2)NC(=O)c2ccc(F)cc2)cc1.[HH].[HH].[HH]. The van der Waals surface area contributed by atoms with Gasteiger partial charge >= 0.3 is 0 Å². The van der Waals surface area contributed by atoms with Gasteiger partial charge in [-0.25, -0.2) is 4.39 Å². The fourth-order valence-electron chi connectivity index (χ4n) is 4.08. The molecule has 34 heavy (non-hydrogen) atoms. The molecule has 2 saturated heterocycles. The highest BCUT2D eigenvalue weighted by molar-refractivity contribution is 6.01. The molecule has 2 aliphatic heterocycles. The van der Waals surface area contributed by atoms with Gasteiger partial charge in [0, 0.05) is 28.7 Å². The number of carbonyl (C=O) groups excluding carboxylic acids is 2. The molecule has 0 spiro atoms. The Morgan fingerprint density at radius 2 is 1.68 bits per heavy atom. The summed E-state index contributed by atoms with van der Waals surface area (Å²) in [6.45, 7) is 5.96. The van der Waals surface area contributed by atoms with Crippen molar-refractivity contribution >= 4 is 17.5 Å². The van der Waals surface area contributed by atoms with Crippen LogP contribution in [0.3, 0.4) is 0 Å². The molecule has 2 N–H and O–H groups in total. The zero-order valence-electron chi connectivity index (χ0n) is 20.2. The van der Waals surface area contributed by atoms with Crippen LogP contribution < -0.4 is 10.6 Å². The van der Waals surface area contributed by atoms with E-state index in [1.807, 2.05) is 31.2 Å². The van der Waals surface area contributed by atoms with Gasteiger partial charge in [0.05, 0.1) is 0 Å². The van der Waals surface area contributed by atoms with Crippen molar-refractivity contribution in [3.63, 3.8) is 0 Å². The molecule has 0 radical (unpaired) electrons. The van der Waals surface area contributed by atoms with Gasteiger partial charge in [0.25, 0.3) is 5.91 Å². The molecule has 0 bridgehead atoms. The molecule has 2 aromatic carbocycles. The summed E-state index contributed by atoms with van der Waals surface area (Å²) in [5.74, 6) is -0.639. The second kappa shape index (κ2) is 13.2. The third-order valence-electron chi connectivity index (χ3n) is 6.28. The molecule has 7 heteroatoms. The number of benzene rings is 2. The lowest BCUT2D eigenvalue weighted by molar-refractivity contribution is -0.118. The van der Waals surface area contributed by atoms with E-state index in [0.717, 1.165) is 44.7 Å². The minimum atomic E-state index is -0.651. The molecule has 2 heterocycles. The third-order valence-corrected chi connectivity index (χ3v) is 6.28. The molecule has 2 amide bonds. The van der Waals surface area contributed by atoms with Crippen LogP contribution in [0.5, 0.6) is 0 Å². The molecule has 0 aliphatic carbocycles. The monoisotopic (exact) mass is 475 g/mol. The van der Waals surface area contributed by atoms with Gasteiger partial charge < -0.3 is 20.3 Å². The number of aryl methyl sites for hydroxylation is 1. The van der Waals surface area contributed by atoms with E-state index in [9.17, 15) is 14.0 Å². The van der Waals surface area contributed by atoms with E-state index in [2.05, 4.69) is 22.6 Å².